The molecule has 2 rings (SSSR count). The van der Waals surface area contributed by atoms with Gasteiger partial charge in [-0.1, -0.05) is 33.6 Å². The molecule has 1 aromatic rings. The molecular weight excluding hydrogens is 208 g/mol. The molecule has 2 N–H and O–H groups in total. The van der Waals surface area contributed by atoms with Gasteiger partial charge in [0.15, 0.2) is 11.6 Å². The predicted molar refractivity (Wildman–Crippen MR) is 65.3 cm³/mol. The fourth-order valence-corrected chi connectivity index (χ4v) is 0.828. The Bertz CT molecular complexity index is 270. The number of benzene rings is 1. The smallest absolute Gasteiger partial charge is 0.160 e. The molecule has 16 heavy (non-hydrogen) atoms. The van der Waals surface area contributed by atoms with Crippen LogP contribution in [0.5, 0.6) is 0 Å². The molecule has 0 spiro atoms. The van der Waals surface area contributed by atoms with Gasteiger partial charge in [0.25, 0.3) is 0 Å². The summed E-state index contributed by atoms with van der Waals surface area (Å²) in [4.78, 5) is 0. The molecule has 0 aliphatic heterocycles. The Balaban J connectivity index is 0.000000311. The standard InChI is InChI=1S/C7H7F2N.C4H8.C2H6/c1-4-2-5(8)6(9)3-7(4)10;1-4-2-3-4;1-2/h2-3H,10H2,1H3;4H,2-3H2,1H3;1-2H3. The van der Waals surface area contributed by atoms with Crippen LogP contribution in [-0.2, 0) is 0 Å². The number of nitrogen functional groups attached to an aromatic ring is 1. The molecule has 0 amide bonds. The quantitative estimate of drug-likeness (QED) is 0.659. The number of rotatable bonds is 0. The summed E-state index contributed by atoms with van der Waals surface area (Å²) in [6.45, 7) is 7.90. The lowest BCUT2D eigenvalue weighted by molar-refractivity contribution is 0.508. The second-order valence-electron chi connectivity index (χ2n) is 3.81. The SMILES string of the molecule is CC.CC1CC1.Cc1cc(F)c(F)cc1N. The Morgan fingerprint density at radius 1 is 1.12 bits per heavy atom. The number of aryl methyl sites for hydroxylation is 1. The van der Waals surface area contributed by atoms with Gasteiger partial charge in [-0.05, 0) is 24.5 Å². The Labute approximate surface area is 96.7 Å². The van der Waals surface area contributed by atoms with Crippen LogP contribution < -0.4 is 5.73 Å². The second kappa shape index (κ2) is 7.20. The van der Waals surface area contributed by atoms with E-state index >= 15 is 0 Å². The summed E-state index contributed by atoms with van der Waals surface area (Å²) in [6.07, 6.45) is 2.97. The van der Waals surface area contributed by atoms with Crippen molar-refractivity contribution in [3.8, 4) is 0 Å². The first-order valence-electron chi connectivity index (χ1n) is 5.72. The van der Waals surface area contributed by atoms with Crippen LogP contribution in [0.2, 0.25) is 0 Å². The third-order valence-electron chi connectivity index (χ3n) is 2.17. The molecule has 0 aromatic heterocycles. The van der Waals surface area contributed by atoms with E-state index in [0.29, 0.717) is 5.56 Å². The van der Waals surface area contributed by atoms with Crippen molar-refractivity contribution in [2.45, 2.75) is 40.5 Å². The third-order valence-corrected chi connectivity index (χ3v) is 2.17. The van der Waals surface area contributed by atoms with Crippen molar-refractivity contribution < 1.29 is 8.78 Å². The van der Waals surface area contributed by atoms with Gasteiger partial charge in [0.1, 0.15) is 0 Å². The molecule has 1 aromatic carbocycles. The minimum atomic E-state index is -0.900. The minimum Gasteiger partial charge on any atom is -0.398 e. The van der Waals surface area contributed by atoms with Crippen molar-refractivity contribution in [1.29, 1.82) is 0 Å². The number of hydrogen-bond donors (Lipinski definition) is 1. The van der Waals surface area contributed by atoms with Gasteiger partial charge in [0.2, 0.25) is 0 Å². The van der Waals surface area contributed by atoms with Gasteiger partial charge in [0, 0.05) is 11.8 Å². The zero-order valence-electron chi connectivity index (χ0n) is 10.5. The molecule has 0 atom stereocenters. The highest BCUT2D eigenvalue weighted by Crippen LogP contribution is 2.26. The molecule has 3 heteroatoms. The van der Waals surface area contributed by atoms with Crippen molar-refractivity contribution in [2.75, 3.05) is 5.73 Å². The van der Waals surface area contributed by atoms with E-state index < -0.39 is 11.6 Å². The van der Waals surface area contributed by atoms with E-state index in [1.807, 2.05) is 13.8 Å². The minimum absolute atomic E-state index is 0.277. The summed E-state index contributed by atoms with van der Waals surface area (Å²) in [5.74, 6) is -0.671. The van der Waals surface area contributed by atoms with E-state index in [-0.39, 0.29) is 5.69 Å². The molecular formula is C13H21F2N. The molecule has 0 heterocycles. The average Bonchev–Trinajstić information content (AvgIpc) is 3.02. The zero-order chi connectivity index (χ0) is 12.7. The van der Waals surface area contributed by atoms with Crippen LogP contribution in [0.1, 0.15) is 39.2 Å². The van der Waals surface area contributed by atoms with Crippen LogP contribution in [0.3, 0.4) is 0 Å². The average molecular weight is 229 g/mol. The number of hydrogen-bond acceptors (Lipinski definition) is 1. The second-order valence-corrected chi connectivity index (χ2v) is 3.81. The fourth-order valence-electron chi connectivity index (χ4n) is 0.828. The van der Waals surface area contributed by atoms with Crippen LogP contribution in [0.4, 0.5) is 14.5 Å². The number of halogens is 2. The molecule has 0 saturated heterocycles. The summed E-state index contributed by atoms with van der Waals surface area (Å²) in [5.41, 5.74) is 6.11. The molecule has 1 aliphatic rings. The molecule has 0 unspecified atom stereocenters. The molecule has 1 nitrogen and oxygen atoms in total. The van der Waals surface area contributed by atoms with Crippen molar-refractivity contribution >= 4 is 5.69 Å². The first-order chi connectivity index (χ1) is 7.50. The molecule has 1 saturated carbocycles. The predicted octanol–water partition coefficient (Wildman–Crippen LogP) is 4.30. The van der Waals surface area contributed by atoms with E-state index in [9.17, 15) is 8.78 Å². The number of nitrogens with two attached hydrogens (primary N) is 1. The van der Waals surface area contributed by atoms with Crippen molar-refractivity contribution in [3.63, 3.8) is 0 Å². The molecule has 1 aliphatic carbocycles. The first-order valence-corrected chi connectivity index (χ1v) is 5.72. The fraction of sp³-hybridized carbons (Fsp3) is 0.538. The summed E-state index contributed by atoms with van der Waals surface area (Å²) in [6, 6.07) is 2.05. The van der Waals surface area contributed by atoms with Gasteiger partial charge in [0.05, 0.1) is 0 Å². The van der Waals surface area contributed by atoms with E-state index in [1.165, 1.54) is 12.8 Å². The summed E-state index contributed by atoms with van der Waals surface area (Å²) in [7, 11) is 0. The lowest BCUT2D eigenvalue weighted by Gasteiger charge is -1.98. The first kappa shape index (κ1) is 14.9. The van der Waals surface area contributed by atoms with Crippen LogP contribution >= 0.6 is 0 Å². The van der Waals surface area contributed by atoms with Crippen molar-refractivity contribution in [2.24, 2.45) is 5.92 Å². The van der Waals surface area contributed by atoms with E-state index in [2.05, 4.69) is 6.92 Å². The Morgan fingerprint density at radius 3 is 1.81 bits per heavy atom. The molecule has 0 bridgehead atoms. The maximum atomic E-state index is 12.3. The van der Waals surface area contributed by atoms with Crippen LogP contribution in [0.25, 0.3) is 0 Å². The Hall–Kier alpha value is -1.12. The van der Waals surface area contributed by atoms with Crippen molar-refractivity contribution in [3.05, 3.63) is 29.3 Å². The summed E-state index contributed by atoms with van der Waals surface area (Å²) >= 11 is 0. The molecule has 92 valence electrons. The summed E-state index contributed by atoms with van der Waals surface area (Å²) < 4.78 is 24.6. The summed E-state index contributed by atoms with van der Waals surface area (Å²) in [5, 5.41) is 0. The van der Waals surface area contributed by atoms with Gasteiger partial charge in [-0.3, -0.25) is 0 Å². The van der Waals surface area contributed by atoms with Gasteiger partial charge in [-0.15, -0.1) is 0 Å². The maximum absolute atomic E-state index is 12.3. The monoisotopic (exact) mass is 229 g/mol. The van der Waals surface area contributed by atoms with Gasteiger partial charge >= 0.3 is 0 Å². The number of anilines is 1. The lowest BCUT2D eigenvalue weighted by Crippen LogP contribution is -1.93. The highest BCUT2D eigenvalue weighted by atomic mass is 19.2. The van der Waals surface area contributed by atoms with E-state index in [4.69, 9.17) is 5.73 Å². The maximum Gasteiger partial charge on any atom is 0.160 e. The largest absolute Gasteiger partial charge is 0.398 e. The highest BCUT2D eigenvalue weighted by Gasteiger charge is 2.12. The Morgan fingerprint density at radius 2 is 1.50 bits per heavy atom. The van der Waals surface area contributed by atoms with E-state index in [0.717, 1.165) is 18.1 Å². The molecule has 0 radical (unpaired) electrons. The zero-order valence-corrected chi connectivity index (χ0v) is 10.5. The van der Waals surface area contributed by atoms with Gasteiger partial charge in [-0.2, -0.15) is 0 Å². The van der Waals surface area contributed by atoms with E-state index in [1.54, 1.807) is 6.92 Å². The lowest BCUT2D eigenvalue weighted by atomic mass is 10.2. The van der Waals surface area contributed by atoms with Crippen molar-refractivity contribution in [1.82, 2.24) is 0 Å². The van der Waals surface area contributed by atoms with Crippen LogP contribution in [0.15, 0.2) is 12.1 Å². The topological polar surface area (TPSA) is 26.0 Å². The van der Waals surface area contributed by atoms with Gasteiger partial charge < -0.3 is 5.73 Å². The van der Waals surface area contributed by atoms with Crippen LogP contribution in [-0.4, -0.2) is 0 Å². The molecule has 1 fully saturated rings. The highest BCUT2D eigenvalue weighted by molar-refractivity contribution is 5.46. The third kappa shape index (κ3) is 5.69. The van der Waals surface area contributed by atoms with Crippen LogP contribution in [0, 0.1) is 24.5 Å². The normalized spacial score (nSPS) is 13.1. The Kier molecular flexibility index (Phi) is 6.70. The van der Waals surface area contributed by atoms with Gasteiger partial charge in [-0.25, -0.2) is 8.78 Å².